The Morgan fingerprint density at radius 1 is 0.317 bits per heavy atom. The summed E-state index contributed by atoms with van der Waals surface area (Å²) in [4.78, 5) is 28.0. The molecule has 3 nitrogen and oxygen atoms in total. The minimum Gasteiger partial charge on any atom is -0.268 e. The first-order chi connectivity index (χ1) is 20.2. The highest BCUT2D eigenvalue weighted by molar-refractivity contribution is 6.20. The summed E-state index contributed by atoms with van der Waals surface area (Å²) < 4.78 is 1.38. The van der Waals surface area contributed by atoms with Crippen LogP contribution in [0.25, 0.3) is 71.2 Å². The number of rotatable bonds is 3. The molecular weight excluding hydrogens is 502 g/mol. The van der Waals surface area contributed by atoms with E-state index in [1.54, 1.807) is 0 Å². The molecule has 0 spiro atoms. The molecule has 2 heterocycles. The predicted molar refractivity (Wildman–Crippen MR) is 170 cm³/mol. The highest BCUT2D eigenvalue weighted by atomic mass is 16.2. The van der Waals surface area contributed by atoms with Crippen molar-refractivity contribution in [1.29, 1.82) is 0 Å². The Labute approximate surface area is 235 Å². The molecule has 8 aromatic rings. The first kappa shape index (κ1) is 23.4. The van der Waals surface area contributed by atoms with Crippen molar-refractivity contribution < 1.29 is 0 Å². The van der Waals surface area contributed by atoms with Gasteiger partial charge in [0.2, 0.25) is 0 Å². The predicted octanol–water partition coefficient (Wildman–Crippen LogP) is 8.56. The lowest BCUT2D eigenvalue weighted by Gasteiger charge is -2.16. The minimum absolute atomic E-state index is 0.288. The number of aromatic nitrogens is 1. The second-order valence-corrected chi connectivity index (χ2v) is 10.5. The van der Waals surface area contributed by atoms with E-state index in [4.69, 9.17) is 0 Å². The van der Waals surface area contributed by atoms with Gasteiger partial charge in [-0.15, -0.1) is 0 Å². The molecule has 0 amide bonds. The number of pyridine rings is 2. The molecule has 0 N–H and O–H groups in total. The quantitative estimate of drug-likeness (QED) is 0.171. The van der Waals surface area contributed by atoms with Gasteiger partial charge in [0, 0.05) is 21.5 Å². The SMILES string of the molecule is O=c1c2ccc(-c3ccccc3)cc2c2cc(-c3ccccc3)cc3c4cc(-c5ccccc5)ccc4c(=O)n1c23. The Balaban J connectivity index is 1.58. The molecule has 0 fully saturated rings. The summed E-state index contributed by atoms with van der Waals surface area (Å²) in [6.07, 6.45) is 0. The monoisotopic (exact) mass is 525 g/mol. The zero-order valence-corrected chi connectivity index (χ0v) is 22.0. The molecule has 0 saturated heterocycles. The number of hydrogen-bond acceptors (Lipinski definition) is 2. The van der Waals surface area contributed by atoms with E-state index < -0.39 is 0 Å². The van der Waals surface area contributed by atoms with Gasteiger partial charge >= 0.3 is 0 Å². The number of nitrogens with zero attached hydrogens (tertiary/aromatic N) is 1. The maximum Gasteiger partial charge on any atom is 0.266 e. The van der Waals surface area contributed by atoms with Crippen LogP contribution in [0.5, 0.6) is 0 Å². The van der Waals surface area contributed by atoms with Crippen molar-refractivity contribution in [2.24, 2.45) is 0 Å². The standard InChI is InChI=1S/C38H23NO2/c40-37-30-18-16-27(24-10-4-1-5-11-24)20-32(30)34-22-29(26-14-8-3-9-15-26)23-35-33-21-28(25-12-6-2-7-13-25)17-19-31(33)38(41)39(37)36(34)35/h1-23H. The third kappa shape index (κ3) is 3.60. The van der Waals surface area contributed by atoms with E-state index in [2.05, 4.69) is 60.7 Å². The number of hydrogen-bond donors (Lipinski definition) is 0. The molecule has 8 rings (SSSR count). The summed E-state index contributed by atoms with van der Waals surface area (Å²) in [5.74, 6) is 0. The van der Waals surface area contributed by atoms with Crippen molar-refractivity contribution in [3.63, 3.8) is 0 Å². The average molecular weight is 526 g/mol. The molecule has 0 saturated carbocycles. The molecule has 41 heavy (non-hydrogen) atoms. The molecule has 3 heteroatoms. The van der Waals surface area contributed by atoms with Crippen molar-refractivity contribution in [2.75, 3.05) is 0 Å². The fourth-order valence-corrected chi connectivity index (χ4v) is 6.15. The van der Waals surface area contributed by atoms with Gasteiger partial charge in [0.25, 0.3) is 11.1 Å². The number of fused-ring (bicyclic) bond motifs is 4. The molecule has 0 aliphatic rings. The molecule has 0 radical (unpaired) electrons. The Morgan fingerprint density at radius 2 is 0.683 bits per heavy atom. The van der Waals surface area contributed by atoms with Gasteiger partial charge in [0.1, 0.15) is 0 Å². The summed E-state index contributed by atoms with van der Waals surface area (Å²) in [7, 11) is 0. The van der Waals surface area contributed by atoms with Crippen molar-refractivity contribution in [1.82, 2.24) is 4.40 Å². The second-order valence-electron chi connectivity index (χ2n) is 10.5. The lowest BCUT2D eigenvalue weighted by atomic mass is 9.92. The molecule has 0 bridgehead atoms. The van der Waals surface area contributed by atoms with Crippen LogP contribution in [0.15, 0.2) is 149 Å². The van der Waals surface area contributed by atoms with E-state index in [1.165, 1.54) is 4.40 Å². The van der Waals surface area contributed by atoms with Crippen LogP contribution in [0.4, 0.5) is 0 Å². The van der Waals surface area contributed by atoms with Crippen LogP contribution in [0, 0.1) is 0 Å². The van der Waals surface area contributed by atoms with Crippen molar-refractivity contribution >= 4 is 37.8 Å². The van der Waals surface area contributed by atoms with Crippen LogP contribution in [0.2, 0.25) is 0 Å². The third-order valence-electron chi connectivity index (χ3n) is 8.14. The van der Waals surface area contributed by atoms with Gasteiger partial charge in [-0.1, -0.05) is 103 Å². The molecule has 0 atom stereocenters. The molecule has 0 aliphatic carbocycles. The van der Waals surface area contributed by atoms with Gasteiger partial charge in [-0.25, -0.2) is 4.40 Å². The third-order valence-corrected chi connectivity index (χ3v) is 8.14. The Hall–Kier alpha value is -5.54. The van der Waals surface area contributed by atoms with Crippen LogP contribution in [0.3, 0.4) is 0 Å². The van der Waals surface area contributed by atoms with Crippen LogP contribution in [-0.2, 0) is 0 Å². The summed E-state index contributed by atoms with van der Waals surface area (Å²) >= 11 is 0. The molecule has 6 aromatic carbocycles. The van der Waals surface area contributed by atoms with Crippen LogP contribution in [0.1, 0.15) is 0 Å². The average Bonchev–Trinajstić information content (AvgIpc) is 3.05. The fraction of sp³-hybridized carbons (Fsp3) is 0. The number of benzene rings is 6. The summed E-state index contributed by atoms with van der Waals surface area (Å²) in [6, 6.07) is 46.7. The fourth-order valence-electron chi connectivity index (χ4n) is 6.15. The molecule has 192 valence electrons. The summed E-state index contributed by atoms with van der Waals surface area (Å²) in [6.45, 7) is 0. The van der Waals surface area contributed by atoms with E-state index in [1.807, 2.05) is 78.9 Å². The Kier molecular flexibility index (Phi) is 5.13. The zero-order chi connectivity index (χ0) is 27.5. The Morgan fingerprint density at radius 3 is 1.10 bits per heavy atom. The molecule has 0 aliphatic heterocycles. The first-order valence-electron chi connectivity index (χ1n) is 13.7. The second kappa shape index (κ2) is 9.00. The van der Waals surface area contributed by atoms with Gasteiger partial charge in [-0.2, -0.15) is 0 Å². The van der Waals surface area contributed by atoms with Crippen LogP contribution >= 0.6 is 0 Å². The smallest absolute Gasteiger partial charge is 0.266 e. The van der Waals surface area contributed by atoms with Gasteiger partial charge in [0.05, 0.1) is 5.52 Å². The largest absolute Gasteiger partial charge is 0.268 e. The van der Waals surface area contributed by atoms with Gasteiger partial charge in [-0.3, -0.25) is 9.59 Å². The highest BCUT2D eigenvalue weighted by Gasteiger charge is 2.19. The van der Waals surface area contributed by atoms with E-state index in [0.29, 0.717) is 16.3 Å². The topological polar surface area (TPSA) is 38.5 Å². The maximum absolute atomic E-state index is 14.0. The van der Waals surface area contributed by atoms with E-state index in [-0.39, 0.29) is 11.1 Å². The van der Waals surface area contributed by atoms with Crippen LogP contribution in [-0.4, -0.2) is 4.40 Å². The van der Waals surface area contributed by atoms with Gasteiger partial charge < -0.3 is 0 Å². The lowest BCUT2D eigenvalue weighted by Crippen LogP contribution is -2.27. The normalized spacial score (nSPS) is 11.6. The Bertz CT molecular complexity index is 2230. The zero-order valence-electron chi connectivity index (χ0n) is 22.0. The van der Waals surface area contributed by atoms with Crippen molar-refractivity contribution in [3.8, 4) is 33.4 Å². The van der Waals surface area contributed by atoms with Crippen molar-refractivity contribution in [2.45, 2.75) is 0 Å². The summed E-state index contributed by atoms with van der Waals surface area (Å²) in [5, 5.41) is 4.53. The van der Waals surface area contributed by atoms with Gasteiger partial charge in [0.15, 0.2) is 0 Å². The first-order valence-corrected chi connectivity index (χ1v) is 13.7. The van der Waals surface area contributed by atoms with Crippen molar-refractivity contribution in [3.05, 3.63) is 160 Å². The lowest BCUT2D eigenvalue weighted by molar-refractivity contribution is 1.09. The van der Waals surface area contributed by atoms with E-state index in [0.717, 1.165) is 54.9 Å². The maximum atomic E-state index is 14.0. The van der Waals surface area contributed by atoms with Gasteiger partial charge in [-0.05, 0) is 80.6 Å². The molecular formula is C38H23NO2. The van der Waals surface area contributed by atoms with E-state index in [9.17, 15) is 9.59 Å². The highest BCUT2D eigenvalue weighted by Crippen LogP contribution is 2.37. The molecule has 0 unspecified atom stereocenters. The minimum atomic E-state index is -0.288. The van der Waals surface area contributed by atoms with E-state index >= 15 is 0 Å². The molecule has 2 aromatic heterocycles. The van der Waals surface area contributed by atoms with Crippen LogP contribution < -0.4 is 11.1 Å². The summed E-state index contributed by atoms with van der Waals surface area (Å²) in [5.41, 5.74) is 6.40.